The van der Waals surface area contributed by atoms with E-state index in [9.17, 15) is 9.65 Å². The Balaban J connectivity index is 1.68. The van der Waals surface area contributed by atoms with Crippen LogP contribution in [0.3, 0.4) is 0 Å². The van der Waals surface area contributed by atoms with Crippen LogP contribution in [0.2, 0.25) is 5.02 Å². The molecule has 1 aromatic carbocycles. The van der Waals surface area contributed by atoms with E-state index in [1.807, 2.05) is 0 Å². The second kappa shape index (κ2) is 10.6. The summed E-state index contributed by atoms with van der Waals surface area (Å²) in [4.78, 5) is 8.07. The summed E-state index contributed by atoms with van der Waals surface area (Å²) < 4.78 is 13.6. The molecule has 1 heterocycles. The minimum Gasteiger partial charge on any atom is -0.396 e. The molecule has 154 valence electrons. The van der Waals surface area contributed by atoms with Crippen molar-refractivity contribution in [2.45, 2.75) is 26.2 Å². The molecule has 0 atom stereocenters. The van der Waals surface area contributed by atoms with Gasteiger partial charge in [0.15, 0.2) is 0 Å². The van der Waals surface area contributed by atoms with Gasteiger partial charge >= 0.3 is 0 Å². The first-order chi connectivity index (χ1) is 13.8. The highest BCUT2D eigenvalue weighted by Crippen LogP contribution is 2.31. The van der Waals surface area contributed by atoms with E-state index < -0.39 is 5.82 Å². The van der Waals surface area contributed by atoms with Crippen LogP contribution < -0.4 is 22.1 Å². The molecular weight excluding hydrogens is 393 g/mol. The van der Waals surface area contributed by atoms with Crippen molar-refractivity contribution in [3.05, 3.63) is 46.4 Å². The van der Waals surface area contributed by atoms with E-state index >= 15 is 0 Å². The number of halogens is 2. The van der Waals surface area contributed by atoms with Crippen molar-refractivity contribution in [1.29, 1.82) is 5.26 Å². The van der Waals surface area contributed by atoms with Gasteiger partial charge in [-0.25, -0.2) is 9.37 Å². The van der Waals surface area contributed by atoms with Gasteiger partial charge < -0.3 is 22.1 Å². The molecule has 0 amide bonds. The Hall–Kier alpha value is -2.89. The number of anilines is 3. The van der Waals surface area contributed by atoms with E-state index in [4.69, 9.17) is 23.1 Å². The van der Waals surface area contributed by atoms with E-state index in [0.29, 0.717) is 52.7 Å². The second-order valence-corrected chi connectivity index (χ2v) is 6.97. The van der Waals surface area contributed by atoms with Gasteiger partial charge in [0.2, 0.25) is 5.95 Å². The molecule has 0 saturated carbocycles. The van der Waals surface area contributed by atoms with Crippen molar-refractivity contribution in [1.82, 2.24) is 15.3 Å². The highest BCUT2D eigenvalue weighted by Gasteiger charge is 2.12. The van der Waals surface area contributed by atoms with Gasteiger partial charge in [-0.2, -0.15) is 10.2 Å². The summed E-state index contributed by atoms with van der Waals surface area (Å²) >= 11 is 6.11. The van der Waals surface area contributed by atoms with Gasteiger partial charge in [-0.3, -0.25) is 0 Å². The zero-order chi connectivity index (χ0) is 21.4. The molecule has 0 aliphatic carbocycles. The Kier molecular flexibility index (Phi) is 8.19. The number of nitrogens with two attached hydrogens (primary N) is 2. The Labute approximate surface area is 175 Å². The molecule has 0 bridgehead atoms. The van der Waals surface area contributed by atoms with Gasteiger partial charge in [-0.1, -0.05) is 18.2 Å². The zero-order valence-corrected chi connectivity index (χ0v) is 17.1. The average molecular weight is 418 g/mol. The number of nitriles is 1. The third kappa shape index (κ3) is 6.04. The Morgan fingerprint density at radius 1 is 1.24 bits per heavy atom. The van der Waals surface area contributed by atoms with Crippen molar-refractivity contribution < 1.29 is 4.39 Å². The summed E-state index contributed by atoms with van der Waals surface area (Å²) in [6.45, 7) is 7.84. The van der Waals surface area contributed by atoms with Crippen molar-refractivity contribution in [2.24, 2.45) is 0 Å². The van der Waals surface area contributed by atoms with E-state index in [1.54, 1.807) is 6.92 Å². The first kappa shape index (κ1) is 22.4. The first-order valence-corrected chi connectivity index (χ1v) is 9.63. The van der Waals surface area contributed by atoms with E-state index in [-0.39, 0.29) is 11.6 Å². The van der Waals surface area contributed by atoms with Crippen LogP contribution in [0, 0.1) is 24.1 Å². The van der Waals surface area contributed by atoms with Crippen LogP contribution in [0.15, 0.2) is 18.7 Å². The Morgan fingerprint density at radius 2 is 1.97 bits per heavy atom. The molecule has 0 aliphatic heterocycles. The molecule has 0 spiro atoms. The monoisotopic (exact) mass is 417 g/mol. The van der Waals surface area contributed by atoms with Crippen LogP contribution in [0.4, 0.5) is 21.8 Å². The Bertz CT molecular complexity index is 924. The lowest BCUT2D eigenvalue weighted by atomic mass is 10.0. The summed E-state index contributed by atoms with van der Waals surface area (Å²) in [5, 5.41) is 16.1. The van der Waals surface area contributed by atoms with Crippen LogP contribution in [0.5, 0.6) is 0 Å². The average Bonchev–Trinajstić information content (AvgIpc) is 2.67. The number of nitrogens with one attached hydrogen (secondary N) is 2. The fourth-order valence-electron chi connectivity index (χ4n) is 2.85. The van der Waals surface area contributed by atoms with Crippen LogP contribution in [0.1, 0.15) is 36.1 Å². The molecule has 0 aliphatic rings. The normalized spacial score (nSPS) is 10.6. The predicted molar refractivity (Wildman–Crippen MR) is 116 cm³/mol. The SMILES string of the molecule is C=C(CCNCCCCNc1nc(N)nc(C)c1C#N)c1c(Cl)ccc(F)c1N. The van der Waals surface area contributed by atoms with Crippen molar-refractivity contribution in [2.75, 3.05) is 36.4 Å². The number of benzene rings is 1. The highest BCUT2D eigenvalue weighted by atomic mass is 35.5. The fourth-order valence-corrected chi connectivity index (χ4v) is 3.15. The number of unbranched alkanes of at least 4 members (excludes halogenated alkanes) is 1. The third-order valence-corrected chi connectivity index (χ3v) is 4.71. The number of aryl methyl sites for hydroxylation is 1. The van der Waals surface area contributed by atoms with Gasteiger partial charge in [-0.15, -0.1) is 0 Å². The summed E-state index contributed by atoms with van der Waals surface area (Å²) in [5.74, 6) is 0.113. The minimum absolute atomic E-state index is 0.0332. The number of nitrogens with zero attached hydrogens (tertiary/aromatic N) is 3. The maximum absolute atomic E-state index is 13.6. The largest absolute Gasteiger partial charge is 0.396 e. The van der Waals surface area contributed by atoms with E-state index in [2.05, 4.69) is 33.2 Å². The molecule has 1 aromatic heterocycles. The number of nitrogen functional groups attached to an aromatic ring is 2. The van der Waals surface area contributed by atoms with Gasteiger partial charge in [0.25, 0.3) is 0 Å². The van der Waals surface area contributed by atoms with Crippen LogP contribution in [0.25, 0.3) is 5.57 Å². The maximum Gasteiger partial charge on any atom is 0.222 e. The van der Waals surface area contributed by atoms with Gasteiger partial charge in [-0.05, 0) is 57.0 Å². The van der Waals surface area contributed by atoms with Crippen LogP contribution >= 0.6 is 11.6 Å². The van der Waals surface area contributed by atoms with Gasteiger partial charge in [0.05, 0.1) is 16.4 Å². The molecule has 29 heavy (non-hydrogen) atoms. The first-order valence-electron chi connectivity index (χ1n) is 9.25. The van der Waals surface area contributed by atoms with Gasteiger partial charge in [0, 0.05) is 12.1 Å². The highest BCUT2D eigenvalue weighted by molar-refractivity contribution is 6.32. The summed E-state index contributed by atoms with van der Waals surface area (Å²) in [5.41, 5.74) is 13.6. The molecular formula is C20H25ClFN7. The maximum atomic E-state index is 13.6. The molecule has 0 radical (unpaired) electrons. The summed E-state index contributed by atoms with van der Waals surface area (Å²) in [6.07, 6.45) is 2.41. The molecule has 0 fully saturated rings. The molecule has 9 heteroatoms. The number of rotatable bonds is 10. The fraction of sp³-hybridized carbons (Fsp3) is 0.350. The quantitative estimate of drug-likeness (QED) is 0.344. The smallest absolute Gasteiger partial charge is 0.222 e. The topological polar surface area (TPSA) is 126 Å². The van der Waals surface area contributed by atoms with Crippen molar-refractivity contribution in [3.63, 3.8) is 0 Å². The molecule has 2 rings (SSSR count). The number of hydrogen-bond donors (Lipinski definition) is 4. The molecule has 0 unspecified atom stereocenters. The third-order valence-electron chi connectivity index (χ3n) is 4.39. The molecule has 6 N–H and O–H groups in total. The molecule has 2 aromatic rings. The summed E-state index contributed by atoms with van der Waals surface area (Å²) in [6, 6.07) is 4.82. The Morgan fingerprint density at radius 3 is 2.69 bits per heavy atom. The predicted octanol–water partition coefficient (Wildman–Crippen LogP) is 3.50. The molecule has 0 saturated heterocycles. The van der Waals surface area contributed by atoms with E-state index in [0.717, 1.165) is 19.4 Å². The van der Waals surface area contributed by atoms with Crippen molar-refractivity contribution >= 4 is 34.6 Å². The lowest BCUT2D eigenvalue weighted by Crippen LogP contribution is -2.18. The number of aromatic nitrogens is 2. The van der Waals surface area contributed by atoms with E-state index in [1.165, 1.54) is 12.1 Å². The number of hydrogen-bond acceptors (Lipinski definition) is 7. The summed E-state index contributed by atoms with van der Waals surface area (Å²) in [7, 11) is 0. The van der Waals surface area contributed by atoms with Crippen LogP contribution in [-0.2, 0) is 0 Å². The minimum atomic E-state index is -0.494. The van der Waals surface area contributed by atoms with Crippen LogP contribution in [-0.4, -0.2) is 29.6 Å². The molecule has 7 nitrogen and oxygen atoms in total. The second-order valence-electron chi connectivity index (χ2n) is 6.56. The standard InChI is InChI=1S/C20H25ClFN7/c1-12(17-15(21)5-6-16(22)18(17)24)7-10-26-8-3-4-9-27-19-14(11-23)13(2)28-20(25)29-19/h5-6,26H,1,3-4,7-10,24H2,2H3,(H3,25,27,28,29). The zero-order valence-electron chi connectivity index (χ0n) is 16.4. The van der Waals surface area contributed by atoms with Crippen molar-refractivity contribution in [3.8, 4) is 6.07 Å². The van der Waals surface area contributed by atoms with Gasteiger partial charge in [0.1, 0.15) is 23.3 Å². The lowest BCUT2D eigenvalue weighted by Gasteiger charge is -2.13. The lowest BCUT2D eigenvalue weighted by molar-refractivity contribution is 0.631.